The molecule has 5 nitrogen and oxygen atoms in total. The molecule has 0 aliphatic carbocycles. The SMILES string of the molecule is COC(=O)c1c[nH]c2cc(Cl)c(-c3ccc(OC)c(OC)c3)cc12. The number of esters is 1. The van der Waals surface area contributed by atoms with E-state index in [1.807, 2.05) is 24.3 Å². The van der Waals surface area contributed by atoms with Crippen molar-refractivity contribution < 1.29 is 19.0 Å². The number of ether oxygens (including phenoxy) is 3. The lowest BCUT2D eigenvalue weighted by atomic mass is 10.0. The zero-order valence-corrected chi connectivity index (χ0v) is 14.2. The van der Waals surface area contributed by atoms with Gasteiger partial charge in [-0.2, -0.15) is 0 Å². The van der Waals surface area contributed by atoms with Crippen LogP contribution in [-0.2, 0) is 4.74 Å². The van der Waals surface area contributed by atoms with Crippen molar-refractivity contribution in [1.29, 1.82) is 0 Å². The summed E-state index contributed by atoms with van der Waals surface area (Å²) in [6.45, 7) is 0. The van der Waals surface area contributed by atoms with Gasteiger partial charge in [0.25, 0.3) is 0 Å². The highest BCUT2D eigenvalue weighted by molar-refractivity contribution is 6.34. The summed E-state index contributed by atoms with van der Waals surface area (Å²) in [4.78, 5) is 14.9. The fourth-order valence-electron chi connectivity index (χ4n) is 2.65. The van der Waals surface area contributed by atoms with Crippen molar-refractivity contribution in [3.05, 3.63) is 47.1 Å². The van der Waals surface area contributed by atoms with Crippen molar-refractivity contribution in [1.82, 2.24) is 4.98 Å². The Balaban J connectivity index is 2.18. The molecule has 1 heterocycles. The van der Waals surface area contributed by atoms with Crippen molar-refractivity contribution in [3.8, 4) is 22.6 Å². The predicted molar refractivity (Wildman–Crippen MR) is 93.2 cm³/mol. The Kier molecular flexibility index (Phi) is 4.36. The number of nitrogens with one attached hydrogen (secondary N) is 1. The molecule has 0 saturated heterocycles. The standard InChI is InChI=1S/C18H16ClNO4/c1-22-16-5-4-10(6-17(16)23-2)11-7-12-13(18(21)24-3)9-20-15(12)8-14(11)19/h4-9,20H,1-3H3. The first kappa shape index (κ1) is 16.2. The molecule has 0 radical (unpaired) electrons. The number of aromatic amines is 1. The molecule has 3 aromatic rings. The van der Waals surface area contributed by atoms with E-state index in [4.69, 9.17) is 25.8 Å². The molecule has 3 rings (SSSR count). The highest BCUT2D eigenvalue weighted by Crippen LogP contribution is 2.37. The van der Waals surface area contributed by atoms with Crippen LogP contribution in [0.25, 0.3) is 22.0 Å². The molecule has 0 saturated carbocycles. The van der Waals surface area contributed by atoms with Gasteiger partial charge in [-0.05, 0) is 29.8 Å². The van der Waals surface area contributed by atoms with Gasteiger partial charge in [0.2, 0.25) is 0 Å². The number of methoxy groups -OCH3 is 3. The number of halogens is 1. The van der Waals surface area contributed by atoms with Crippen LogP contribution < -0.4 is 9.47 Å². The molecule has 1 N–H and O–H groups in total. The number of carbonyl (C=O) groups excluding carboxylic acids is 1. The summed E-state index contributed by atoms with van der Waals surface area (Å²) in [5, 5.41) is 1.31. The number of hydrogen-bond acceptors (Lipinski definition) is 4. The molecule has 0 atom stereocenters. The highest BCUT2D eigenvalue weighted by Gasteiger charge is 2.16. The fraction of sp³-hybridized carbons (Fsp3) is 0.167. The molecule has 0 bridgehead atoms. The molecule has 0 fully saturated rings. The van der Waals surface area contributed by atoms with Crippen molar-refractivity contribution in [2.24, 2.45) is 0 Å². The molecule has 0 amide bonds. The molecular formula is C18H16ClNO4. The average Bonchev–Trinajstić information content (AvgIpc) is 3.02. The van der Waals surface area contributed by atoms with E-state index >= 15 is 0 Å². The number of aromatic nitrogens is 1. The Hall–Kier alpha value is -2.66. The maximum Gasteiger partial charge on any atom is 0.340 e. The van der Waals surface area contributed by atoms with Crippen molar-refractivity contribution >= 4 is 28.5 Å². The van der Waals surface area contributed by atoms with E-state index in [-0.39, 0.29) is 0 Å². The van der Waals surface area contributed by atoms with Crippen LogP contribution >= 0.6 is 11.6 Å². The second kappa shape index (κ2) is 6.45. The molecule has 0 aliphatic rings. The number of fused-ring (bicyclic) bond motifs is 1. The molecule has 0 unspecified atom stereocenters. The van der Waals surface area contributed by atoms with Gasteiger partial charge < -0.3 is 19.2 Å². The zero-order valence-electron chi connectivity index (χ0n) is 13.5. The van der Waals surface area contributed by atoms with Crippen LogP contribution in [0.3, 0.4) is 0 Å². The minimum absolute atomic E-state index is 0.401. The third kappa shape index (κ3) is 2.67. The minimum Gasteiger partial charge on any atom is -0.493 e. The predicted octanol–water partition coefficient (Wildman–Crippen LogP) is 4.29. The summed E-state index contributed by atoms with van der Waals surface area (Å²) in [6.07, 6.45) is 1.62. The van der Waals surface area contributed by atoms with E-state index in [1.54, 1.807) is 26.5 Å². The summed E-state index contributed by atoms with van der Waals surface area (Å²) in [7, 11) is 4.51. The number of rotatable bonds is 4. The molecule has 0 spiro atoms. The largest absolute Gasteiger partial charge is 0.493 e. The third-order valence-corrected chi connectivity index (χ3v) is 4.18. The Labute approximate surface area is 144 Å². The Morgan fingerprint density at radius 2 is 1.79 bits per heavy atom. The zero-order chi connectivity index (χ0) is 17.3. The van der Waals surface area contributed by atoms with Crippen LogP contribution in [0.4, 0.5) is 0 Å². The van der Waals surface area contributed by atoms with Crippen molar-refractivity contribution in [2.45, 2.75) is 0 Å². The van der Waals surface area contributed by atoms with E-state index in [1.165, 1.54) is 7.11 Å². The van der Waals surface area contributed by atoms with Crippen LogP contribution in [0.1, 0.15) is 10.4 Å². The van der Waals surface area contributed by atoms with Crippen LogP contribution in [0.2, 0.25) is 5.02 Å². The lowest BCUT2D eigenvalue weighted by molar-refractivity contribution is 0.0603. The normalized spacial score (nSPS) is 10.7. The summed E-state index contributed by atoms with van der Waals surface area (Å²) >= 11 is 6.42. The van der Waals surface area contributed by atoms with Crippen LogP contribution in [0.5, 0.6) is 11.5 Å². The van der Waals surface area contributed by atoms with E-state index in [9.17, 15) is 4.79 Å². The molecular weight excluding hydrogens is 330 g/mol. The first-order valence-corrected chi connectivity index (χ1v) is 7.58. The summed E-state index contributed by atoms with van der Waals surface area (Å²) in [5.41, 5.74) is 2.88. The van der Waals surface area contributed by atoms with Crippen molar-refractivity contribution in [2.75, 3.05) is 21.3 Å². The topological polar surface area (TPSA) is 60.6 Å². The maximum absolute atomic E-state index is 11.9. The van der Waals surface area contributed by atoms with Gasteiger partial charge in [-0.25, -0.2) is 4.79 Å². The van der Waals surface area contributed by atoms with E-state index in [0.29, 0.717) is 22.1 Å². The Morgan fingerprint density at radius 1 is 1.04 bits per heavy atom. The van der Waals surface area contributed by atoms with Crippen LogP contribution in [0.15, 0.2) is 36.5 Å². The molecule has 2 aromatic carbocycles. The van der Waals surface area contributed by atoms with Crippen molar-refractivity contribution in [3.63, 3.8) is 0 Å². The highest BCUT2D eigenvalue weighted by atomic mass is 35.5. The van der Waals surface area contributed by atoms with E-state index in [0.717, 1.165) is 22.0 Å². The summed E-state index contributed by atoms with van der Waals surface area (Å²) in [6, 6.07) is 9.19. The monoisotopic (exact) mass is 345 g/mol. The Bertz CT molecular complexity index is 917. The fourth-order valence-corrected chi connectivity index (χ4v) is 2.92. The first-order chi connectivity index (χ1) is 11.6. The van der Waals surface area contributed by atoms with Gasteiger partial charge in [-0.3, -0.25) is 0 Å². The molecule has 124 valence electrons. The van der Waals surface area contributed by atoms with Crippen LogP contribution in [0, 0.1) is 0 Å². The second-order valence-corrected chi connectivity index (χ2v) is 5.55. The van der Waals surface area contributed by atoms with Gasteiger partial charge in [0, 0.05) is 22.7 Å². The van der Waals surface area contributed by atoms with Gasteiger partial charge in [0.05, 0.1) is 31.9 Å². The van der Waals surface area contributed by atoms with Gasteiger partial charge in [-0.15, -0.1) is 0 Å². The molecule has 1 aromatic heterocycles. The quantitative estimate of drug-likeness (QED) is 0.716. The second-order valence-electron chi connectivity index (χ2n) is 5.14. The van der Waals surface area contributed by atoms with E-state index < -0.39 is 5.97 Å². The van der Waals surface area contributed by atoms with Gasteiger partial charge in [0.1, 0.15) is 0 Å². The third-order valence-electron chi connectivity index (χ3n) is 3.87. The van der Waals surface area contributed by atoms with Gasteiger partial charge in [0.15, 0.2) is 11.5 Å². The van der Waals surface area contributed by atoms with Crippen LogP contribution in [-0.4, -0.2) is 32.3 Å². The number of H-pyrrole nitrogens is 1. The smallest absolute Gasteiger partial charge is 0.340 e. The molecule has 24 heavy (non-hydrogen) atoms. The summed E-state index contributed by atoms with van der Waals surface area (Å²) in [5.74, 6) is 0.839. The first-order valence-electron chi connectivity index (χ1n) is 7.20. The minimum atomic E-state index is -0.401. The lowest BCUT2D eigenvalue weighted by Gasteiger charge is -2.11. The van der Waals surface area contributed by atoms with Gasteiger partial charge in [-0.1, -0.05) is 17.7 Å². The average molecular weight is 346 g/mol. The van der Waals surface area contributed by atoms with Gasteiger partial charge >= 0.3 is 5.97 Å². The maximum atomic E-state index is 11.9. The lowest BCUT2D eigenvalue weighted by Crippen LogP contribution is -1.99. The number of hydrogen-bond donors (Lipinski definition) is 1. The molecule has 0 aliphatic heterocycles. The van der Waals surface area contributed by atoms with E-state index in [2.05, 4.69) is 4.98 Å². The Morgan fingerprint density at radius 3 is 2.46 bits per heavy atom. The summed E-state index contributed by atoms with van der Waals surface area (Å²) < 4.78 is 15.4. The number of benzene rings is 2. The number of carbonyl (C=O) groups is 1. The molecule has 6 heteroatoms.